The first-order chi connectivity index (χ1) is 12.7. The van der Waals surface area contributed by atoms with E-state index in [2.05, 4.69) is 21.2 Å². The topological polar surface area (TPSA) is 56.8 Å². The molecule has 0 radical (unpaired) electrons. The van der Waals surface area contributed by atoms with Crippen molar-refractivity contribution in [2.24, 2.45) is 0 Å². The predicted octanol–water partition coefficient (Wildman–Crippen LogP) is 3.95. The number of hydrogen-bond donors (Lipinski definition) is 1. The smallest absolute Gasteiger partial charge is 0.251 e. The van der Waals surface area contributed by atoms with Crippen LogP contribution in [0.2, 0.25) is 0 Å². The predicted molar refractivity (Wildman–Crippen MR) is 103 cm³/mol. The van der Waals surface area contributed by atoms with Crippen molar-refractivity contribution < 1.29 is 19.0 Å². The molecule has 1 saturated heterocycles. The molecule has 1 unspecified atom stereocenters. The highest BCUT2D eigenvalue weighted by Gasteiger charge is 2.17. The van der Waals surface area contributed by atoms with E-state index < -0.39 is 0 Å². The summed E-state index contributed by atoms with van der Waals surface area (Å²) in [6.07, 6.45) is 2.27. The maximum absolute atomic E-state index is 12.2. The number of carbonyl (C=O) groups is 1. The van der Waals surface area contributed by atoms with Crippen LogP contribution in [0.15, 0.2) is 46.9 Å². The highest BCUT2D eigenvalue weighted by molar-refractivity contribution is 9.10. The summed E-state index contributed by atoms with van der Waals surface area (Å²) in [6.45, 7) is 1.74. The Labute approximate surface area is 161 Å². The number of benzene rings is 2. The highest BCUT2D eigenvalue weighted by Crippen LogP contribution is 2.29. The SMILES string of the molecule is COc1cc(CNC(=O)c2cccc(Br)c2)ccc1OCC1CCCO1. The maximum atomic E-state index is 12.2. The van der Waals surface area contributed by atoms with Gasteiger partial charge in [0.15, 0.2) is 11.5 Å². The molecule has 1 fully saturated rings. The van der Waals surface area contributed by atoms with Gasteiger partial charge < -0.3 is 19.5 Å². The van der Waals surface area contributed by atoms with E-state index in [1.165, 1.54) is 0 Å². The Hall–Kier alpha value is -2.05. The van der Waals surface area contributed by atoms with Crippen LogP contribution in [0.25, 0.3) is 0 Å². The zero-order chi connectivity index (χ0) is 18.4. The molecule has 1 N–H and O–H groups in total. The summed E-state index contributed by atoms with van der Waals surface area (Å²) in [5.41, 5.74) is 1.55. The summed E-state index contributed by atoms with van der Waals surface area (Å²) in [4.78, 5) is 12.2. The second-order valence-electron chi connectivity index (χ2n) is 6.12. The molecule has 2 aromatic carbocycles. The molecular formula is C20H22BrNO4. The van der Waals surface area contributed by atoms with Crippen molar-refractivity contribution in [1.82, 2.24) is 5.32 Å². The van der Waals surface area contributed by atoms with Crippen molar-refractivity contribution in [2.75, 3.05) is 20.3 Å². The van der Waals surface area contributed by atoms with E-state index in [4.69, 9.17) is 14.2 Å². The average Bonchev–Trinajstić information content (AvgIpc) is 3.18. The van der Waals surface area contributed by atoms with Gasteiger partial charge in [0.25, 0.3) is 5.91 Å². The van der Waals surface area contributed by atoms with Crippen LogP contribution in [0, 0.1) is 0 Å². The third-order valence-corrected chi connectivity index (χ3v) is 4.71. The summed E-state index contributed by atoms with van der Waals surface area (Å²) in [5.74, 6) is 1.21. The van der Waals surface area contributed by atoms with E-state index in [0.29, 0.717) is 30.2 Å². The summed E-state index contributed by atoms with van der Waals surface area (Å²) in [6, 6.07) is 13.0. The molecule has 0 spiro atoms. The Morgan fingerprint density at radius 3 is 2.88 bits per heavy atom. The molecule has 1 heterocycles. The van der Waals surface area contributed by atoms with E-state index in [0.717, 1.165) is 29.5 Å². The summed E-state index contributed by atoms with van der Waals surface area (Å²) < 4.78 is 17.7. The largest absolute Gasteiger partial charge is 0.493 e. The Kier molecular flexibility index (Phi) is 6.52. The number of halogens is 1. The number of carbonyl (C=O) groups excluding carboxylic acids is 1. The molecule has 5 nitrogen and oxygen atoms in total. The van der Waals surface area contributed by atoms with Gasteiger partial charge in [-0.1, -0.05) is 28.1 Å². The van der Waals surface area contributed by atoms with Crippen LogP contribution >= 0.6 is 15.9 Å². The molecule has 0 aliphatic carbocycles. The third-order valence-electron chi connectivity index (χ3n) is 4.22. The van der Waals surface area contributed by atoms with Gasteiger partial charge in [-0.25, -0.2) is 0 Å². The van der Waals surface area contributed by atoms with Crippen molar-refractivity contribution in [2.45, 2.75) is 25.5 Å². The van der Waals surface area contributed by atoms with Crippen LogP contribution in [-0.4, -0.2) is 32.3 Å². The molecule has 0 aromatic heterocycles. The Morgan fingerprint density at radius 2 is 2.15 bits per heavy atom. The second kappa shape index (κ2) is 9.05. The quantitative estimate of drug-likeness (QED) is 0.737. The van der Waals surface area contributed by atoms with E-state index in [1.807, 2.05) is 30.3 Å². The normalized spacial score (nSPS) is 16.3. The fourth-order valence-electron chi connectivity index (χ4n) is 2.81. The molecule has 26 heavy (non-hydrogen) atoms. The number of hydrogen-bond acceptors (Lipinski definition) is 4. The van der Waals surface area contributed by atoms with Crippen molar-refractivity contribution >= 4 is 21.8 Å². The lowest BCUT2D eigenvalue weighted by molar-refractivity contribution is 0.0669. The van der Waals surface area contributed by atoms with Crippen LogP contribution in [-0.2, 0) is 11.3 Å². The standard InChI is InChI=1S/C20H22BrNO4/c1-24-19-10-14(7-8-18(19)26-13-17-6-3-9-25-17)12-22-20(23)15-4-2-5-16(21)11-15/h2,4-5,7-8,10-11,17H,3,6,9,12-13H2,1H3,(H,22,23). The average molecular weight is 420 g/mol. The van der Waals surface area contributed by atoms with E-state index in [1.54, 1.807) is 19.2 Å². The number of amides is 1. The molecule has 1 amide bonds. The van der Waals surface area contributed by atoms with Gasteiger partial charge >= 0.3 is 0 Å². The first-order valence-corrected chi connectivity index (χ1v) is 9.40. The van der Waals surface area contributed by atoms with Gasteiger partial charge in [-0.15, -0.1) is 0 Å². The van der Waals surface area contributed by atoms with Crippen molar-refractivity contribution in [1.29, 1.82) is 0 Å². The number of ether oxygens (including phenoxy) is 3. The molecule has 0 saturated carbocycles. The summed E-state index contributed by atoms with van der Waals surface area (Å²) in [5, 5.41) is 2.91. The molecule has 2 aromatic rings. The Bertz CT molecular complexity index is 759. The molecule has 138 valence electrons. The van der Waals surface area contributed by atoms with Crippen molar-refractivity contribution in [3.63, 3.8) is 0 Å². The fourth-order valence-corrected chi connectivity index (χ4v) is 3.21. The van der Waals surface area contributed by atoms with Crippen molar-refractivity contribution in [3.05, 3.63) is 58.1 Å². The van der Waals surface area contributed by atoms with E-state index in [-0.39, 0.29) is 12.0 Å². The monoisotopic (exact) mass is 419 g/mol. The number of rotatable bonds is 7. The lowest BCUT2D eigenvalue weighted by Gasteiger charge is -2.15. The second-order valence-corrected chi connectivity index (χ2v) is 7.04. The minimum Gasteiger partial charge on any atom is -0.493 e. The highest BCUT2D eigenvalue weighted by atomic mass is 79.9. The molecule has 3 rings (SSSR count). The lowest BCUT2D eigenvalue weighted by atomic mass is 10.1. The molecular weight excluding hydrogens is 398 g/mol. The van der Waals surface area contributed by atoms with Gasteiger partial charge in [0.1, 0.15) is 6.61 Å². The molecule has 1 aliphatic rings. The van der Waals surface area contributed by atoms with Crippen LogP contribution in [0.1, 0.15) is 28.8 Å². The van der Waals surface area contributed by atoms with Crippen molar-refractivity contribution in [3.8, 4) is 11.5 Å². The van der Waals surface area contributed by atoms with E-state index >= 15 is 0 Å². The Morgan fingerprint density at radius 1 is 1.27 bits per heavy atom. The third kappa shape index (κ3) is 4.99. The van der Waals surface area contributed by atoms with Gasteiger partial charge in [-0.3, -0.25) is 4.79 Å². The van der Waals surface area contributed by atoms with Crippen LogP contribution in [0.4, 0.5) is 0 Å². The summed E-state index contributed by atoms with van der Waals surface area (Å²) >= 11 is 3.37. The zero-order valence-electron chi connectivity index (χ0n) is 14.7. The molecule has 6 heteroatoms. The number of methoxy groups -OCH3 is 1. The minimum absolute atomic E-state index is 0.121. The van der Waals surface area contributed by atoms with Gasteiger partial charge in [0.2, 0.25) is 0 Å². The van der Waals surface area contributed by atoms with Crippen LogP contribution in [0.5, 0.6) is 11.5 Å². The van der Waals surface area contributed by atoms with Gasteiger partial charge in [-0.05, 0) is 48.7 Å². The van der Waals surface area contributed by atoms with E-state index in [9.17, 15) is 4.79 Å². The minimum atomic E-state index is -0.121. The van der Waals surface area contributed by atoms with Gasteiger partial charge in [0.05, 0.1) is 13.2 Å². The number of nitrogens with one attached hydrogen (secondary N) is 1. The first-order valence-electron chi connectivity index (χ1n) is 8.61. The fraction of sp³-hybridized carbons (Fsp3) is 0.350. The molecule has 0 bridgehead atoms. The van der Waals surface area contributed by atoms with Crippen LogP contribution in [0.3, 0.4) is 0 Å². The van der Waals surface area contributed by atoms with Crippen LogP contribution < -0.4 is 14.8 Å². The Balaban J connectivity index is 1.58. The zero-order valence-corrected chi connectivity index (χ0v) is 16.3. The molecule has 1 aliphatic heterocycles. The lowest BCUT2D eigenvalue weighted by Crippen LogP contribution is -2.22. The summed E-state index contributed by atoms with van der Waals surface area (Å²) in [7, 11) is 1.61. The first kappa shape index (κ1) is 18.7. The maximum Gasteiger partial charge on any atom is 0.251 e. The molecule has 1 atom stereocenters. The van der Waals surface area contributed by atoms with Gasteiger partial charge in [0, 0.05) is 23.2 Å². The van der Waals surface area contributed by atoms with Gasteiger partial charge in [-0.2, -0.15) is 0 Å².